The third-order valence-corrected chi connectivity index (χ3v) is 5.55. The predicted molar refractivity (Wildman–Crippen MR) is 107 cm³/mol. The number of sulfone groups is 1. The van der Waals surface area contributed by atoms with Gasteiger partial charge in [-0.2, -0.15) is 0 Å². The van der Waals surface area contributed by atoms with E-state index >= 15 is 0 Å². The molecule has 1 aromatic heterocycles. The molecule has 1 aliphatic rings. The van der Waals surface area contributed by atoms with E-state index in [1.54, 1.807) is 30.3 Å². The van der Waals surface area contributed by atoms with Crippen LogP contribution in [0.5, 0.6) is 0 Å². The molecule has 0 bridgehead atoms. The van der Waals surface area contributed by atoms with Crippen molar-refractivity contribution in [2.45, 2.75) is 25.8 Å². The Hall–Kier alpha value is -3.07. The number of rotatable bonds is 5. The summed E-state index contributed by atoms with van der Waals surface area (Å²) in [6.45, 7) is -0.187. The standard InChI is InChI=1S/C20H20N2O6S/c1-29(27,28)11-10-22-19(13-6-3-2-4-7-13)21-12-14(20(22)26)18(25)17-15(23)8-5-9-16(17)24/h2-4,6-7,12,25H,5,8-11H2,1H3. The second kappa shape index (κ2) is 8.12. The van der Waals surface area contributed by atoms with E-state index in [-0.39, 0.29) is 36.5 Å². The summed E-state index contributed by atoms with van der Waals surface area (Å²) in [7, 11) is -3.38. The Kier molecular flexibility index (Phi) is 5.78. The summed E-state index contributed by atoms with van der Waals surface area (Å²) in [6.07, 6.45) is 2.79. The lowest BCUT2D eigenvalue weighted by molar-refractivity contribution is -0.123. The van der Waals surface area contributed by atoms with Crippen LogP contribution in [-0.2, 0) is 26.0 Å². The summed E-state index contributed by atoms with van der Waals surface area (Å²) in [6, 6.07) is 8.70. The van der Waals surface area contributed by atoms with Crippen molar-refractivity contribution in [1.82, 2.24) is 9.55 Å². The number of ketones is 2. The zero-order chi connectivity index (χ0) is 21.2. The predicted octanol–water partition coefficient (Wildman–Crippen LogP) is 1.55. The minimum Gasteiger partial charge on any atom is -0.506 e. The normalized spacial score (nSPS) is 14.9. The molecule has 1 heterocycles. The largest absolute Gasteiger partial charge is 0.506 e. The molecule has 0 unspecified atom stereocenters. The van der Waals surface area contributed by atoms with E-state index in [1.165, 1.54) is 0 Å². The lowest BCUT2D eigenvalue weighted by Crippen LogP contribution is -2.30. The van der Waals surface area contributed by atoms with Crippen molar-refractivity contribution >= 4 is 27.2 Å². The quantitative estimate of drug-likeness (QED) is 0.445. The van der Waals surface area contributed by atoms with Gasteiger partial charge >= 0.3 is 0 Å². The highest BCUT2D eigenvalue weighted by Gasteiger charge is 2.29. The van der Waals surface area contributed by atoms with Gasteiger partial charge in [-0.05, 0) is 6.42 Å². The van der Waals surface area contributed by atoms with Crippen LogP contribution >= 0.6 is 0 Å². The van der Waals surface area contributed by atoms with Gasteiger partial charge in [0.25, 0.3) is 5.56 Å². The van der Waals surface area contributed by atoms with Crippen LogP contribution in [0.3, 0.4) is 0 Å². The van der Waals surface area contributed by atoms with E-state index in [2.05, 4.69) is 4.98 Å². The first kappa shape index (κ1) is 20.7. The first-order chi connectivity index (χ1) is 13.7. The Morgan fingerprint density at radius 3 is 2.31 bits per heavy atom. The molecule has 0 spiro atoms. The lowest BCUT2D eigenvalue weighted by Gasteiger charge is -2.16. The highest BCUT2D eigenvalue weighted by molar-refractivity contribution is 7.90. The van der Waals surface area contributed by atoms with Gasteiger partial charge in [0, 0.05) is 37.4 Å². The molecule has 8 nitrogen and oxygen atoms in total. The molecule has 1 aromatic carbocycles. The first-order valence-corrected chi connectivity index (χ1v) is 11.1. The summed E-state index contributed by atoms with van der Waals surface area (Å²) in [5.74, 6) is -1.83. The Balaban J connectivity index is 2.19. The summed E-state index contributed by atoms with van der Waals surface area (Å²) in [4.78, 5) is 41.5. The van der Waals surface area contributed by atoms with E-state index in [0.717, 1.165) is 17.0 Å². The van der Waals surface area contributed by atoms with E-state index in [0.29, 0.717) is 12.0 Å². The number of aliphatic hydroxyl groups excluding tert-OH is 1. The molecule has 0 atom stereocenters. The van der Waals surface area contributed by atoms with Crippen molar-refractivity contribution in [2.75, 3.05) is 12.0 Å². The maximum absolute atomic E-state index is 13.1. The van der Waals surface area contributed by atoms with Gasteiger partial charge in [-0.3, -0.25) is 19.0 Å². The molecule has 9 heteroatoms. The summed E-state index contributed by atoms with van der Waals surface area (Å²) >= 11 is 0. The monoisotopic (exact) mass is 416 g/mol. The molecule has 29 heavy (non-hydrogen) atoms. The van der Waals surface area contributed by atoms with Crippen molar-refractivity contribution in [3.63, 3.8) is 0 Å². The molecule has 0 saturated heterocycles. The molecule has 3 rings (SSSR count). The number of aliphatic hydroxyl groups is 1. The average Bonchev–Trinajstić information content (AvgIpc) is 2.66. The van der Waals surface area contributed by atoms with Crippen LogP contribution in [0.25, 0.3) is 17.1 Å². The van der Waals surface area contributed by atoms with Crippen molar-refractivity contribution in [3.8, 4) is 11.4 Å². The zero-order valence-corrected chi connectivity index (χ0v) is 16.6. The van der Waals surface area contributed by atoms with Gasteiger partial charge in [0.05, 0.1) is 5.75 Å². The number of aromatic nitrogens is 2. The average molecular weight is 416 g/mol. The number of nitrogens with zero attached hydrogens (tertiary/aromatic N) is 2. The number of benzene rings is 1. The summed E-state index contributed by atoms with van der Waals surface area (Å²) in [5, 5.41) is 10.5. The third-order valence-electron chi connectivity index (χ3n) is 4.62. The van der Waals surface area contributed by atoms with Gasteiger partial charge in [0.1, 0.15) is 32.6 Å². The Bertz CT molecular complexity index is 1150. The Morgan fingerprint density at radius 2 is 1.72 bits per heavy atom. The first-order valence-electron chi connectivity index (χ1n) is 9.02. The fourth-order valence-electron chi connectivity index (χ4n) is 3.15. The van der Waals surface area contributed by atoms with Gasteiger partial charge in [0.15, 0.2) is 11.6 Å². The molecular formula is C20H20N2O6S. The highest BCUT2D eigenvalue weighted by Crippen LogP contribution is 2.24. The summed E-state index contributed by atoms with van der Waals surface area (Å²) in [5.41, 5.74) is -0.839. The molecule has 152 valence electrons. The van der Waals surface area contributed by atoms with Crippen molar-refractivity contribution in [3.05, 3.63) is 58.0 Å². The number of allylic oxidation sites excluding steroid dienone is 1. The van der Waals surface area contributed by atoms with Crippen molar-refractivity contribution in [2.24, 2.45) is 0 Å². The molecule has 1 saturated carbocycles. The molecular weight excluding hydrogens is 396 g/mol. The summed E-state index contributed by atoms with van der Waals surface area (Å²) < 4.78 is 24.4. The minimum absolute atomic E-state index is 0.114. The molecule has 1 N–H and O–H groups in total. The van der Waals surface area contributed by atoms with Crippen LogP contribution in [0.1, 0.15) is 24.8 Å². The molecule has 1 aliphatic carbocycles. The van der Waals surface area contributed by atoms with Gasteiger partial charge in [0.2, 0.25) is 0 Å². The molecule has 0 aliphatic heterocycles. The van der Waals surface area contributed by atoms with Crippen molar-refractivity contribution < 1.29 is 23.1 Å². The fraction of sp³-hybridized carbons (Fsp3) is 0.300. The molecule has 1 fully saturated rings. The fourth-order valence-corrected chi connectivity index (χ4v) is 3.66. The van der Waals surface area contributed by atoms with Crippen LogP contribution in [0, 0.1) is 0 Å². The van der Waals surface area contributed by atoms with Gasteiger partial charge in [-0.1, -0.05) is 30.3 Å². The number of Topliss-reactive ketones (excluding diaryl/α,β-unsaturated/α-hetero) is 2. The number of carbonyl (C=O) groups is 2. The Morgan fingerprint density at radius 1 is 1.10 bits per heavy atom. The van der Waals surface area contributed by atoms with Crippen LogP contribution in [-0.4, -0.2) is 46.7 Å². The number of carbonyl (C=O) groups excluding carboxylic acids is 2. The van der Waals surface area contributed by atoms with Crippen LogP contribution < -0.4 is 5.56 Å². The van der Waals surface area contributed by atoms with Crippen molar-refractivity contribution in [1.29, 1.82) is 0 Å². The second-order valence-corrected chi connectivity index (χ2v) is 9.13. The lowest BCUT2D eigenvalue weighted by atomic mass is 9.90. The maximum atomic E-state index is 13.1. The highest BCUT2D eigenvalue weighted by atomic mass is 32.2. The van der Waals surface area contributed by atoms with E-state index in [1.807, 2.05) is 0 Å². The Labute approximate surface area is 167 Å². The van der Waals surface area contributed by atoms with E-state index in [4.69, 9.17) is 0 Å². The topological polar surface area (TPSA) is 123 Å². The maximum Gasteiger partial charge on any atom is 0.264 e. The van der Waals surface area contributed by atoms with Crippen LogP contribution in [0.2, 0.25) is 0 Å². The molecule has 0 amide bonds. The van der Waals surface area contributed by atoms with E-state index in [9.17, 15) is 27.9 Å². The number of hydrogen-bond acceptors (Lipinski definition) is 7. The minimum atomic E-state index is -3.38. The zero-order valence-electron chi connectivity index (χ0n) is 15.8. The molecule has 0 radical (unpaired) electrons. The second-order valence-electron chi connectivity index (χ2n) is 6.87. The van der Waals surface area contributed by atoms with E-state index < -0.39 is 38.3 Å². The number of hydrogen-bond donors (Lipinski definition) is 1. The van der Waals surface area contributed by atoms with Crippen LogP contribution in [0.15, 0.2) is 46.9 Å². The van der Waals surface area contributed by atoms with Gasteiger partial charge < -0.3 is 5.11 Å². The molecule has 2 aromatic rings. The third kappa shape index (κ3) is 4.51. The van der Waals surface area contributed by atoms with Gasteiger partial charge in [-0.15, -0.1) is 0 Å². The van der Waals surface area contributed by atoms with Gasteiger partial charge in [-0.25, -0.2) is 13.4 Å². The smallest absolute Gasteiger partial charge is 0.264 e. The SMILES string of the molecule is CS(=O)(=O)CCn1c(-c2ccccc2)ncc(C(O)=C2C(=O)CCCC2=O)c1=O. The van der Waals surface area contributed by atoms with Crippen LogP contribution in [0.4, 0.5) is 0 Å².